The van der Waals surface area contributed by atoms with Crippen molar-refractivity contribution in [1.29, 1.82) is 0 Å². The summed E-state index contributed by atoms with van der Waals surface area (Å²) in [5.74, 6) is 0.496. The van der Waals surface area contributed by atoms with Crippen LogP contribution in [0.2, 0.25) is 0 Å². The van der Waals surface area contributed by atoms with Crippen molar-refractivity contribution in [2.45, 2.75) is 50.7 Å². The van der Waals surface area contributed by atoms with Crippen LogP contribution in [-0.2, 0) is 7.05 Å². The Morgan fingerprint density at radius 2 is 2.04 bits per heavy atom. The Bertz CT molecular complexity index is 522. The van der Waals surface area contributed by atoms with E-state index in [2.05, 4.69) is 15.3 Å². The second-order valence-corrected chi connectivity index (χ2v) is 7.01. The van der Waals surface area contributed by atoms with Crippen molar-refractivity contribution in [2.24, 2.45) is 13.0 Å². The van der Waals surface area contributed by atoms with Gasteiger partial charge in [0.25, 0.3) is 5.91 Å². The van der Waals surface area contributed by atoms with E-state index in [4.69, 9.17) is 0 Å². The third-order valence-corrected chi connectivity index (χ3v) is 5.33. The van der Waals surface area contributed by atoms with E-state index in [0.29, 0.717) is 17.5 Å². The molecule has 23 heavy (non-hydrogen) atoms. The second kappa shape index (κ2) is 7.45. The standard InChI is InChI=1S/C17H28N4O2/c1-20-12-14(11-19-20)17(23)18-10-13-6-8-21(9-7-13)15-4-2-3-5-16(15)22/h11-13,15-16,22H,2-10H2,1H3,(H,18,23). The van der Waals surface area contributed by atoms with Crippen LogP contribution in [0, 0.1) is 5.92 Å². The molecular formula is C17H28N4O2. The minimum absolute atomic E-state index is 0.0387. The molecule has 1 saturated heterocycles. The average Bonchev–Trinajstić information content (AvgIpc) is 3.00. The summed E-state index contributed by atoms with van der Waals surface area (Å²) in [6.07, 6.45) is 9.86. The molecule has 2 atom stereocenters. The van der Waals surface area contributed by atoms with Gasteiger partial charge in [0.1, 0.15) is 0 Å². The highest BCUT2D eigenvalue weighted by atomic mass is 16.3. The van der Waals surface area contributed by atoms with Gasteiger partial charge in [0, 0.05) is 25.8 Å². The molecule has 2 N–H and O–H groups in total. The molecule has 0 radical (unpaired) electrons. The topological polar surface area (TPSA) is 70.4 Å². The van der Waals surface area contributed by atoms with E-state index in [1.807, 2.05) is 7.05 Å². The first-order valence-electron chi connectivity index (χ1n) is 8.82. The molecule has 6 heteroatoms. The Labute approximate surface area is 137 Å². The lowest BCUT2D eigenvalue weighted by molar-refractivity contribution is 0.00417. The quantitative estimate of drug-likeness (QED) is 0.873. The fourth-order valence-corrected chi connectivity index (χ4v) is 3.88. The maximum atomic E-state index is 12.0. The zero-order valence-corrected chi connectivity index (χ0v) is 13.9. The van der Waals surface area contributed by atoms with Gasteiger partial charge in [0.2, 0.25) is 0 Å². The minimum Gasteiger partial charge on any atom is -0.391 e. The maximum Gasteiger partial charge on any atom is 0.254 e. The first kappa shape index (κ1) is 16.5. The van der Waals surface area contributed by atoms with E-state index in [0.717, 1.165) is 51.7 Å². The van der Waals surface area contributed by atoms with Crippen LogP contribution in [0.3, 0.4) is 0 Å². The molecule has 1 aromatic rings. The van der Waals surface area contributed by atoms with Gasteiger partial charge in [0.15, 0.2) is 0 Å². The van der Waals surface area contributed by atoms with Gasteiger partial charge in [-0.25, -0.2) is 0 Å². The van der Waals surface area contributed by atoms with Crippen LogP contribution in [0.15, 0.2) is 12.4 Å². The van der Waals surface area contributed by atoms with Crippen LogP contribution < -0.4 is 5.32 Å². The number of nitrogens with zero attached hydrogens (tertiary/aromatic N) is 3. The molecule has 1 amide bonds. The van der Waals surface area contributed by atoms with Gasteiger partial charge < -0.3 is 10.4 Å². The summed E-state index contributed by atoms with van der Waals surface area (Å²) in [5, 5.41) is 17.2. The van der Waals surface area contributed by atoms with E-state index >= 15 is 0 Å². The molecule has 0 bridgehead atoms. The van der Waals surface area contributed by atoms with Crippen LogP contribution in [0.1, 0.15) is 48.9 Å². The number of likely N-dealkylation sites (tertiary alicyclic amines) is 1. The summed E-state index contributed by atoms with van der Waals surface area (Å²) in [6, 6.07) is 0.356. The monoisotopic (exact) mass is 320 g/mol. The van der Waals surface area contributed by atoms with E-state index in [1.54, 1.807) is 17.1 Å². The number of piperidine rings is 1. The van der Waals surface area contributed by atoms with Crippen molar-refractivity contribution in [3.05, 3.63) is 18.0 Å². The second-order valence-electron chi connectivity index (χ2n) is 7.01. The molecule has 2 fully saturated rings. The van der Waals surface area contributed by atoms with Crippen LogP contribution in [-0.4, -0.2) is 57.5 Å². The molecule has 1 aliphatic heterocycles. The predicted octanol–water partition coefficient (Wildman–Crippen LogP) is 1.17. The molecule has 0 aromatic carbocycles. The van der Waals surface area contributed by atoms with Crippen molar-refractivity contribution in [2.75, 3.05) is 19.6 Å². The first-order chi connectivity index (χ1) is 11.1. The van der Waals surface area contributed by atoms with Crippen LogP contribution in [0.5, 0.6) is 0 Å². The summed E-state index contributed by atoms with van der Waals surface area (Å²) in [7, 11) is 1.81. The molecule has 2 aliphatic rings. The number of carbonyl (C=O) groups excluding carboxylic acids is 1. The van der Waals surface area contributed by atoms with Crippen molar-refractivity contribution >= 4 is 5.91 Å². The Kier molecular flexibility index (Phi) is 5.33. The van der Waals surface area contributed by atoms with E-state index in [9.17, 15) is 9.90 Å². The van der Waals surface area contributed by atoms with Crippen molar-refractivity contribution in [1.82, 2.24) is 20.0 Å². The number of aliphatic hydroxyl groups is 1. The van der Waals surface area contributed by atoms with Crippen LogP contribution in [0.4, 0.5) is 0 Å². The van der Waals surface area contributed by atoms with Gasteiger partial charge in [0.05, 0.1) is 17.9 Å². The van der Waals surface area contributed by atoms with Crippen LogP contribution in [0.25, 0.3) is 0 Å². The summed E-state index contributed by atoms with van der Waals surface area (Å²) < 4.78 is 1.64. The van der Waals surface area contributed by atoms with Crippen molar-refractivity contribution < 1.29 is 9.90 Å². The summed E-state index contributed by atoms with van der Waals surface area (Å²) in [5.41, 5.74) is 0.621. The number of nitrogens with one attached hydrogen (secondary N) is 1. The molecule has 2 heterocycles. The predicted molar refractivity (Wildman–Crippen MR) is 88.1 cm³/mol. The Hall–Kier alpha value is -1.40. The normalized spacial score (nSPS) is 27.0. The molecule has 128 valence electrons. The Balaban J connectivity index is 1.41. The average molecular weight is 320 g/mol. The molecule has 3 rings (SSSR count). The highest BCUT2D eigenvalue weighted by molar-refractivity contribution is 5.93. The fourth-order valence-electron chi connectivity index (χ4n) is 3.88. The molecule has 1 saturated carbocycles. The van der Waals surface area contributed by atoms with Gasteiger partial charge in [-0.15, -0.1) is 0 Å². The third-order valence-electron chi connectivity index (χ3n) is 5.33. The SMILES string of the molecule is Cn1cc(C(=O)NCC2CCN(C3CCCCC3O)CC2)cn1. The first-order valence-corrected chi connectivity index (χ1v) is 8.82. The van der Waals surface area contributed by atoms with E-state index < -0.39 is 0 Å². The smallest absolute Gasteiger partial charge is 0.254 e. The number of aromatic nitrogens is 2. The van der Waals surface area contributed by atoms with Crippen LogP contribution >= 0.6 is 0 Å². The number of amides is 1. The fraction of sp³-hybridized carbons (Fsp3) is 0.765. The lowest BCUT2D eigenvalue weighted by atomic mass is 9.88. The van der Waals surface area contributed by atoms with E-state index in [-0.39, 0.29) is 12.0 Å². The number of aliphatic hydroxyl groups excluding tert-OH is 1. The summed E-state index contributed by atoms with van der Waals surface area (Å²) >= 11 is 0. The molecular weight excluding hydrogens is 292 g/mol. The Morgan fingerprint density at radius 3 is 2.70 bits per heavy atom. The summed E-state index contributed by atoms with van der Waals surface area (Å²) in [4.78, 5) is 14.5. The molecule has 0 spiro atoms. The number of hydrogen-bond acceptors (Lipinski definition) is 4. The van der Waals surface area contributed by atoms with Crippen molar-refractivity contribution in [3.8, 4) is 0 Å². The van der Waals surface area contributed by atoms with Gasteiger partial charge in [-0.05, 0) is 44.7 Å². The summed E-state index contributed by atoms with van der Waals surface area (Å²) in [6.45, 7) is 2.80. The number of rotatable bonds is 4. The third kappa shape index (κ3) is 4.12. The number of hydrogen-bond donors (Lipinski definition) is 2. The Morgan fingerprint density at radius 1 is 1.30 bits per heavy atom. The maximum absolute atomic E-state index is 12.0. The van der Waals surface area contributed by atoms with Gasteiger partial charge in [-0.1, -0.05) is 12.8 Å². The highest BCUT2D eigenvalue weighted by Crippen LogP contribution is 2.27. The minimum atomic E-state index is -0.148. The zero-order chi connectivity index (χ0) is 16.2. The van der Waals surface area contributed by atoms with Gasteiger partial charge in [-0.2, -0.15) is 5.10 Å². The molecule has 2 unspecified atom stereocenters. The number of carbonyl (C=O) groups is 1. The van der Waals surface area contributed by atoms with Crippen molar-refractivity contribution in [3.63, 3.8) is 0 Å². The molecule has 6 nitrogen and oxygen atoms in total. The van der Waals surface area contributed by atoms with Gasteiger partial charge in [-0.3, -0.25) is 14.4 Å². The molecule has 1 aromatic heterocycles. The van der Waals surface area contributed by atoms with Gasteiger partial charge >= 0.3 is 0 Å². The molecule has 1 aliphatic carbocycles. The van der Waals surface area contributed by atoms with E-state index in [1.165, 1.54) is 6.42 Å². The highest BCUT2D eigenvalue weighted by Gasteiger charge is 2.31. The largest absolute Gasteiger partial charge is 0.391 e. The lowest BCUT2D eigenvalue weighted by Crippen LogP contribution is -2.49. The number of aryl methyl sites for hydroxylation is 1. The lowest BCUT2D eigenvalue weighted by Gasteiger charge is -2.41. The zero-order valence-electron chi connectivity index (χ0n) is 13.9.